The molecule has 0 aromatic rings. The fraction of sp³-hybridized carbons (Fsp3) is 0.933. The molecule has 0 unspecified atom stereocenters. The first-order valence-corrected chi connectivity index (χ1v) is 8.12. The van der Waals surface area contributed by atoms with E-state index < -0.39 is 0 Å². The highest BCUT2D eigenvalue weighted by molar-refractivity contribution is 5.51. The maximum absolute atomic E-state index is 10.3. The predicted molar refractivity (Wildman–Crippen MR) is 87.6 cm³/mol. The lowest BCUT2D eigenvalue weighted by Gasteiger charge is -2.33. The zero-order valence-electron chi connectivity index (χ0n) is 13.8. The van der Waals surface area contributed by atoms with E-state index >= 15 is 0 Å². The summed E-state index contributed by atoms with van der Waals surface area (Å²) in [6.45, 7) is 9.37. The number of likely N-dealkylation sites (N-methyl/N-ethyl adjacent to an activating group) is 1. The average Bonchev–Trinajstić information content (AvgIpc) is 2.51. The Balaban J connectivity index is 0.000000235. The molecule has 2 aliphatic rings. The van der Waals surface area contributed by atoms with Crippen LogP contribution in [0.1, 0.15) is 12.8 Å². The molecule has 0 bridgehead atoms. The Labute approximate surface area is 129 Å². The summed E-state index contributed by atoms with van der Waals surface area (Å²) in [5.74, 6) is 0. The molecule has 124 valence electrons. The zero-order valence-corrected chi connectivity index (χ0v) is 13.8. The Morgan fingerprint density at radius 3 is 2.14 bits per heavy atom. The number of hydrogen-bond donors (Lipinski definition) is 2. The number of nitrogens with zero attached hydrogens (tertiary/aromatic N) is 3. The number of piperidine rings is 1. The number of carbonyl (C=O) groups is 1. The van der Waals surface area contributed by atoms with Crippen molar-refractivity contribution in [1.82, 2.24) is 20.0 Å². The van der Waals surface area contributed by atoms with E-state index in [4.69, 9.17) is 5.73 Å². The van der Waals surface area contributed by atoms with E-state index in [2.05, 4.69) is 27.1 Å². The van der Waals surface area contributed by atoms with E-state index in [0.29, 0.717) is 12.6 Å². The number of carbonyl (C=O) groups excluding carboxylic acids is 1. The summed E-state index contributed by atoms with van der Waals surface area (Å²) in [4.78, 5) is 17.2. The van der Waals surface area contributed by atoms with Gasteiger partial charge in [-0.3, -0.25) is 9.80 Å². The maximum atomic E-state index is 10.3. The third-order valence-corrected chi connectivity index (χ3v) is 4.24. The van der Waals surface area contributed by atoms with Crippen LogP contribution in [0.3, 0.4) is 0 Å². The summed E-state index contributed by atoms with van der Waals surface area (Å²) in [5.41, 5.74) is 5.67. The third kappa shape index (κ3) is 8.48. The lowest BCUT2D eigenvalue weighted by Crippen LogP contribution is -2.48. The van der Waals surface area contributed by atoms with Crippen LogP contribution in [0, 0.1) is 0 Å². The van der Waals surface area contributed by atoms with E-state index in [9.17, 15) is 4.79 Å². The topological polar surface area (TPSA) is 64.8 Å². The number of hydrogen-bond acceptors (Lipinski definition) is 6. The minimum atomic E-state index is 0.478. The second-order valence-electron chi connectivity index (χ2n) is 6.05. The molecule has 2 heterocycles. The van der Waals surface area contributed by atoms with E-state index in [1.54, 1.807) is 0 Å². The van der Waals surface area contributed by atoms with Crippen molar-refractivity contribution in [2.75, 3.05) is 73.0 Å². The van der Waals surface area contributed by atoms with Gasteiger partial charge < -0.3 is 20.7 Å². The second kappa shape index (κ2) is 11.1. The Hall–Kier alpha value is -0.530. The monoisotopic (exact) mass is 299 g/mol. The second-order valence-corrected chi connectivity index (χ2v) is 6.05. The van der Waals surface area contributed by atoms with Crippen LogP contribution in [-0.4, -0.2) is 100 Å². The molecule has 0 aromatic heterocycles. The molecule has 0 saturated carbocycles. The number of aldehydes is 1. The van der Waals surface area contributed by atoms with Crippen LogP contribution in [0.5, 0.6) is 0 Å². The van der Waals surface area contributed by atoms with Gasteiger partial charge in [0.1, 0.15) is 6.29 Å². The van der Waals surface area contributed by atoms with Crippen molar-refractivity contribution in [3.8, 4) is 0 Å². The molecule has 0 radical (unpaired) electrons. The van der Waals surface area contributed by atoms with E-state index in [1.807, 2.05) is 7.05 Å². The van der Waals surface area contributed by atoms with Crippen LogP contribution in [0.4, 0.5) is 0 Å². The molecule has 21 heavy (non-hydrogen) atoms. The summed E-state index contributed by atoms with van der Waals surface area (Å²) < 4.78 is 0. The van der Waals surface area contributed by atoms with Crippen LogP contribution in [0.2, 0.25) is 0 Å². The summed E-state index contributed by atoms with van der Waals surface area (Å²) in [6, 6.07) is 0.478. The fourth-order valence-corrected chi connectivity index (χ4v) is 2.60. The Morgan fingerprint density at radius 1 is 1.10 bits per heavy atom. The largest absolute Gasteiger partial charge is 0.328 e. The average molecular weight is 299 g/mol. The quantitative estimate of drug-likeness (QED) is 0.639. The van der Waals surface area contributed by atoms with Gasteiger partial charge in [-0.1, -0.05) is 0 Å². The van der Waals surface area contributed by atoms with Gasteiger partial charge in [0.15, 0.2) is 0 Å². The first-order chi connectivity index (χ1) is 10.2. The van der Waals surface area contributed by atoms with Gasteiger partial charge in [-0.2, -0.15) is 0 Å². The van der Waals surface area contributed by atoms with Gasteiger partial charge in [0.25, 0.3) is 0 Å². The lowest BCUT2D eigenvalue weighted by molar-refractivity contribution is -0.109. The molecule has 0 aromatic carbocycles. The number of nitrogens with two attached hydrogens (primary N) is 1. The summed E-state index contributed by atoms with van der Waals surface area (Å²) in [6.07, 6.45) is 3.34. The number of rotatable bonds is 5. The molecule has 0 atom stereocenters. The molecule has 6 nitrogen and oxygen atoms in total. The fourth-order valence-electron chi connectivity index (χ4n) is 2.60. The maximum Gasteiger partial charge on any atom is 0.133 e. The molecular weight excluding hydrogens is 266 g/mol. The molecule has 2 rings (SSSR count). The van der Waals surface area contributed by atoms with Gasteiger partial charge >= 0.3 is 0 Å². The first-order valence-electron chi connectivity index (χ1n) is 8.12. The Kier molecular flexibility index (Phi) is 9.78. The highest BCUT2D eigenvalue weighted by Crippen LogP contribution is 2.04. The molecule has 2 fully saturated rings. The zero-order chi connectivity index (χ0) is 15.5. The summed E-state index contributed by atoms with van der Waals surface area (Å²) in [5, 5.41) is 3.14. The highest BCUT2D eigenvalue weighted by atomic mass is 16.1. The van der Waals surface area contributed by atoms with Gasteiger partial charge in [-0.25, -0.2) is 0 Å². The van der Waals surface area contributed by atoms with Crippen molar-refractivity contribution >= 4 is 6.29 Å². The molecule has 0 aliphatic carbocycles. The van der Waals surface area contributed by atoms with Gasteiger partial charge in [-0.05, 0) is 40.0 Å². The molecular formula is C15H33N5O. The Morgan fingerprint density at radius 2 is 1.67 bits per heavy atom. The molecule has 0 spiro atoms. The van der Waals surface area contributed by atoms with E-state index in [0.717, 1.165) is 45.6 Å². The van der Waals surface area contributed by atoms with Crippen LogP contribution in [-0.2, 0) is 4.79 Å². The van der Waals surface area contributed by atoms with Crippen molar-refractivity contribution in [3.05, 3.63) is 0 Å². The molecule has 3 N–H and O–H groups in total. The number of piperazine rings is 1. The van der Waals surface area contributed by atoms with Crippen molar-refractivity contribution < 1.29 is 4.79 Å². The van der Waals surface area contributed by atoms with Crippen molar-refractivity contribution in [1.29, 1.82) is 0 Å². The van der Waals surface area contributed by atoms with Crippen LogP contribution >= 0.6 is 0 Å². The van der Waals surface area contributed by atoms with Crippen LogP contribution < -0.4 is 11.1 Å². The predicted octanol–water partition coefficient (Wildman–Crippen LogP) is -0.938. The summed E-state index contributed by atoms with van der Waals surface area (Å²) in [7, 11) is 4.12. The smallest absolute Gasteiger partial charge is 0.133 e. The van der Waals surface area contributed by atoms with E-state index in [-0.39, 0.29) is 0 Å². The van der Waals surface area contributed by atoms with Crippen LogP contribution in [0.15, 0.2) is 0 Å². The van der Waals surface area contributed by atoms with Gasteiger partial charge in [-0.15, -0.1) is 0 Å². The molecule has 2 saturated heterocycles. The highest BCUT2D eigenvalue weighted by Gasteiger charge is 2.15. The normalized spacial score (nSPS) is 22.6. The SMILES string of the molecule is CN1CCC(N)CC1.CNCCN1CCN(CC=O)CC1. The number of nitrogens with one attached hydrogen (secondary N) is 1. The molecule has 2 aliphatic heterocycles. The van der Waals surface area contributed by atoms with Gasteiger partial charge in [0.05, 0.1) is 6.54 Å². The van der Waals surface area contributed by atoms with Crippen LogP contribution in [0.25, 0.3) is 0 Å². The van der Waals surface area contributed by atoms with E-state index in [1.165, 1.54) is 25.9 Å². The summed E-state index contributed by atoms with van der Waals surface area (Å²) >= 11 is 0. The molecule has 0 amide bonds. The van der Waals surface area contributed by atoms with Gasteiger partial charge in [0.2, 0.25) is 0 Å². The Bertz CT molecular complexity index is 251. The molecule has 6 heteroatoms. The number of likely N-dealkylation sites (tertiary alicyclic amines) is 1. The van der Waals surface area contributed by atoms with Gasteiger partial charge in [0, 0.05) is 45.3 Å². The van der Waals surface area contributed by atoms with Crippen molar-refractivity contribution in [3.63, 3.8) is 0 Å². The third-order valence-electron chi connectivity index (χ3n) is 4.24. The van der Waals surface area contributed by atoms with Crippen molar-refractivity contribution in [2.24, 2.45) is 5.73 Å². The minimum Gasteiger partial charge on any atom is -0.328 e. The van der Waals surface area contributed by atoms with Crippen molar-refractivity contribution in [2.45, 2.75) is 18.9 Å². The standard InChI is InChI=1S/C9H19N3O.C6H14N2/c1-10-2-3-11-4-6-12(7-5-11)8-9-13;1-8-4-2-6(7)3-5-8/h9-10H,2-8H2,1H3;6H,2-5,7H2,1H3. The minimum absolute atomic E-state index is 0.478. The lowest BCUT2D eigenvalue weighted by atomic mass is 10.1. The first kappa shape index (κ1) is 18.5.